The molecule has 2 aromatic rings. The highest BCUT2D eigenvalue weighted by molar-refractivity contribution is 7.99. The van der Waals surface area contributed by atoms with Crippen molar-refractivity contribution >= 4 is 35.7 Å². The first kappa shape index (κ1) is 15.1. The Balaban J connectivity index is 1.78. The van der Waals surface area contributed by atoms with Crippen LogP contribution >= 0.6 is 11.8 Å². The van der Waals surface area contributed by atoms with Gasteiger partial charge in [-0.25, -0.2) is 4.79 Å². The smallest absolute Gasteiger partial charge is 0.328 e. The second kappa shape index (κ2) is 6.13. The number of carbonyl (C=O) groups is 3. The molecule has 1 saturated heterocycles. The molecule has 2 N–H and O–H groups in total. The van der Waals surface area contributed by atoms with Gasteiger partial charge in [0.25, 0.3) is 11.8 Å². The van der Waals surface area contributed by atoms with Gasteiger partial charge < -0.3 is 4.42 Å². The molecule has 23 heavy (non-hydrogen) atoms. The molecule has 3 rings (SSSR count). The summed E-state index contributed by atoms with van der Waals surface area (Å²) < 4.78 is 5.59. The van der Waals surface area contributed by atoms with Crippen LogP contribution in [0.4, 0.5) is 4.79 Å². The first-order valence-corrected chi connectivity index (χ1v) is 7.55. The highest BCUT2D eigenvalue weighted by Crippen LogP contribution is 2.30. The zero-order valence-corrected chi connectivity index (χ0v) is 12.9. The van der Waals surface area contributed by atoms with Crippen LogP contribution in [0, 0.1) is 6.92 Å². The van der Waals surface area contributed by atoms with Gasteiger partial charge in [0.15, 0.2) is 5.09 Å². The summed E-state index contributed by atoms with van der Waals surface area (Å²) in [5, 5.41) is 4.65. The van der Waals surface area contributed by atoms with Gasteiger partial charge in [-0.3, -0.25) is 20.2 Å². The van der Waals surface area contributed by atoms with Gasteiger partial charge in [-0.1, -0.05) is 29.5 Å². The average Bonchev–Trinajstić information content (AvgIpc) is 2.93. The van der Waals surface area contributed by atoms with Gasteiger partial charge in [0, 0.05) is 4.90 Å². The molecular weight excluding hydrogens is 316 g/mol. The van der Waals surface area contributed by atoms with E-state index in [0.29, 0.717) is 10.9 Å². The van der Waals surface area contributed by atoms with E-state index in [2.05, 4.69) is 0 Å². The minimum absolute atomic E-state index is 0.175. The minimum Gasteiger partial charge on any atom is -0.450 e. The molecule has 2 heterocycles. The number of urea groups is 1. The number of amides is 4. The van der Waals surface area contributed by atoms with Gasteiger partial charge in [0.05, 0.1) is 0 Å². The van der Waals surface area contributed by atoms with Gasteiger partial charge in [0.2, 0.25) is 0 Å². The van der Waals surface area contributed by atoms with Gasteiger partial charge >= 0.3 is 6.03 Å². The number of rotatable bonds is 3. The van der Waals surface area contributed by atoms with E-state index in [1.54, 1.807) is 12.1 Å². The molecule has 1 fully saturated rings. The molecule has 0 atom stereocenters. The van der Waals surface area contributed by atoms with Crippen LogP contribution in [0.3, 0.4) is 0 Å². The number of hydrogen-bond donors (Lipinski definition) is 2. The number of benzene rings is 1. The summed E-state index contributed by atoms with van der Waals surface area (Å²) in [7, 11) is 0. The van der Waals surface area contributed by atoms with Gasteiger partial charge in [-0.05, 0) is 37.3 Å². The third kappa shape index (κ3) is 3.51. The third-order valence-corrected chi connectivity index (χ3v) is 4.00. The van der Waals surface area contributed by atoms with Crippen molar-refractivity contribution in [3.63, 3.8) is 0 Å². The summed E-state index contributed by atoms with van der Waals surface area (Å²) in [4.78, 5) is 35.3. The van der Waals surface area contributed by atoms with E-state index in [1.165, 1.54) is 23.4 Å². The maximum Gasteiger partial charge on any atom is 0.328 e. The van der Waals surface area contributed by atoms with Crippen LogP contribution in [-0.4, -0.2) is 17.8 Å². The number of aryl methyl sites for hydroxylation is 1. The molecule has 0 unspecified atom stereocenters. The van der Waals surface area contributed by atoms with Gasteiger partial charge in [0.1, 0.15) is 11.3 Å². The molecule has 0 saturated carbocycles. The summed E-state index contributed by atoms with van der Waals surface area (Å²) in [5.74, 6) is -1.14. The Kier molecular flexibility index (Phi) is 4.03. The van der Waals surface area contributed by atoms with Crippen LogP contribution in [0.1, 0.15) is 11.3 Å². The van der Waals surface area contributed by atoms with Crippen molar-refractivity contribution in [2.45, 2.75) is 16.9 Å². The fraction of sp³-hybridized carbons (Fsp3) is 0.0625. The second-order valence-electron chi connectivity index (χ2n) is 4.87. The highest BCUT2D eigenvalue weighted by Gasteiger charge is 2.28. The predicted molar refractivity (Wildman–Crippen MR) is 83.7 cm³/mol. The molecule has 1 aliphatic rings. The van der Waals surface area contributed by atoms with Crippen LogP contribution in [-0.2, 0) is 9.59 Å². The zero-order chi connectivity index (χ0) is 16.4. The van der Waals surface area contributed by atoms with E-state index in [9.17, 15) is 14.4 Å². The summed E-state index contributed by atoms with van der Waals surface area (Å²) in [6.07, 6.45) is 1.30. The van der Waals surface area contributed by atoms with Crippen molar-refractivity contribution in [1.82, 2.24) is 10.6 Å². The summed E-state index contributed by atoms with van der Waals surface area (Å²) in [5.41, 5.74) is 0.994. The Morgan fingerprint density at radius 1 is 0.957 bits per heavy atom. The van der Waals surface area contributed by atoms with Crippen molar-refractivity contribution < 1.29 is 18.8 Å². The zero-order valence-electron chi connectivity index (χ0n) is 12.1. The largest absolute Gasteiger partial charge is 0.450 e. The third-order valence-electron chi connectivity index (χ3n) is 3.07. The molecule has 7 heteroatoms. The highest BCUT2D eigenvalue weighted by atomic mass is 32.2. The molecule has 0 radical (unpaired) electrons. The summed E-state index contributed by atoms with van der Waals surface area (Å²) in [6.45, 7) is 2.01. The van der Waals surface area contributed by atoms with E-state index in [4.69, 9.17) is 4.42 Å². The molecule has 1 aromatic heterocycles. The fourth-order valence-corrected chi connectivity index (χ4v) is 2.72. The lowest BCUT2D eigenvalue weighted by Crippen LogP contribution is -2.51. The molecular formula is C16H12N2O4S. The second-order valence-corrected chi connectivity index (χ2v) is 5.95. The number of furan rings is 1. The quantitative estimate of drug-likeness (QED) is 0.667. The first-order valence-electron chi connectivity index (χ1n) is 6.74. The number of imide groups is 2. The molecule has 0 aliphatic carbocycles. The minimum atomic E-state index is -0.827. The van der Waals surface area contributed by atoms with Crippen LogP contribution in [0.5, 0.6) is 0 Å². The normalized spacial score (nSPS) is 14.5. The monoisotopic (exact) mass is 328 g/mol. The molecule has 4 amide bonds. The Labute approximate surface area is 135 Å². The molecule has 6 nitrogen and oxygen atoms in total. The van der Waals surface area contributed by atoms with Crippen LogP contribution < -0.4 is 10.6 Å². The number of hydrogen-bond acceptors (Lipinski definition) is 5. The van der Waals surface area contributed by atoms with Crippen LogP contribution in [0.2, 0.25) is 0 Å². The lowest BCUT2D eigenvalue weighted by atomic mass is 10.1. The summed E-state index contributed by atoms with van der Waals surface area (Å²) in [6, 6.07) is 10.5. The fourth-order valence-electron chi connectivity index (χ4n) is 1.94. The first-order chi connectivity index (χ1) is 11.0. The van der Waals surface area contributed by atoms with E-state index >= 15 is 0 Å². The Morgan fingerprint density at radius 2 is 1.61 bits per heavy atom. The molecule has 0 spiro atoms. The van der Waals surface area contributed by atoms with Crippen molar-refractivity contribution in [1.29, 1.82) is 0 Å². The molecule has 1 aliphatic heterocycles. The average molecular weight is 328 g/mol. The Hall–Kier alpha value is -2.80. The van der Waals surface area contributed by atoms with E-state index in [0.717, 1.165) is 4.90 Å². The number of carbonyl (C=O) groups excluding carboxylic acids is 3. The van der Waals surface area contributed by atoms with Crippen LogP contribution in [0.15, 0.2) is 56.4 Å². The van der Waals surface area contributed by atoms with Crippen molar-refractivity contribution in [3.8, 4) is 0 Å². The van der Waals surface area contributed by atoms with Gasteiger partial charge in [-0.15, -0.1) is 0 Å². The van der Waals surface area contributed by atoms with Gasteiger partial charge in [-0.2, -0.15) is 0 Å². The number of barbiturate groups is 1. The molecule has 1 aromatic carbocycles. The lowest BCUT2D eigenvalue weighted by molar-refractivity contribution is -0.123. The maximum atomic E-state index is 11.6. The van der Waals surface area contributed by atoms with Crippen molar-refractivity contribution in [3.05, 3.63) is 53.3 Å². The van der Waals surface area contributed by atoms with E-state index < -0.39 is 17.8 Å². The number of nitrogens with one attached hydrogen (secondary N) is 2. The van der Waals surface area contributed by atoms with Crippen molar-refractivity contribution in [2.24, 2.45) is 0 Å². The maximum absolute atomic E-state index is 11.6. The Bertz CT molecular complexity index is 799. The van der Waals surface area contributed by atoms with Crippen LogP contribution in [0.25, 0.3) is 6.08 Å². The molecule has 0 bridgehead atoms. The Morgan fingerprint density at radius 3 is 2.26 bits per heavy atom. The standard InChI is InChI=1S/C16H12N2O4S/c1-9-2-5-11(6-3-9)23-13-7-4-10(22-13)8-12-14(19)17-16(21)18-15(12)20/h2-8H,1H3,(H2,17,18,19,20,21). The topological polar surface area (TPSA) is 88.4 Å². The SMILES string of the molecule is Cc1ccc(Sc2ccc(C=C3C(=O)NC(=O)NC3=O)o2)cc1. The molecule has 116 valence electrons. The van der Waals surface area contributed by atoms with E-state index in [-0.39, 0.29) is 5.57 Å². The lowest BCUT2D eigenvalue weighted by Gasteiger charge is -2.13. The van der Waals surface area contributed by atoms with E-state index in [1.807, 2.05) is 41.8 Å². The predicted octanol–water partition coefficient (Wildman–Crippen LogP) is 2.49. The van der Waals surface area contributed by atoms with Crippen molar-refractivity contribution in [2.75, 3.05) is 0 Å². The summed E-state index contributed by atoms with van der Waals surface area (Å²) >= 11 is 1.43.